The summed E-state index contributed by atoms with van der Waals surface area (Å²) in [6.45, 7) is 5.90. The van der Waals surface area contributed by atoms with Gasteiger partial charge in [-0.15, -0.1) is 0 Å². The van der Waals surface area contributed by atoms with Crippen molar-refractivity contribution < 1.29 is 4.74 Å². The second-order valence-corrected chi connectivity index (χ2v) is 7.81. The van der Waals surface area contributed by atoms with Gasteiger partial charge in [0, 0.05) is 44.1 Å². The van der Waals surface area contributed by atoms with E-state index < -0.39 is 0 Å². The highest BCUT2D eigenvalue weighted by Crippen LogP contribution is 2.36. The van der Waals surface area contributed by atoms with Gasteiger partial charge in [-0.05, 0) is 36.5 Å². The van der Waals surface area contributed by atoms with Crippen LogP contribution in [0.1, 0.15) is 42.9 Å². The van der Waals surface area contributed by atoms with Crippen molar-refractivity contribution in [2.45, 2.75) is 31.6 Å². The average Bonchev–Trinajstić information content (AvgIpc) is 3.18. The molecule has 1 aromatic heterocycles. The summed E-state index contributed by atoms with van der Waals surface area (Å²) in [5.74, 6) is 2.79. The molecule has 0 bridgehead atoms. The molecule has 0 radical (unpaired) electrons. The highest BCUT2D eigenvalue weighted by molar-refractivity contribution is 5.37. The molecule has 0 spiro atoms. The van der Waals surface area contributed by atoms with Gasteiger partial charge in [0.25, 0.3) is 5.56 Å². The molecule has 0 saturated carbocycles. The van der Waals surface area contributed by atoms with E-state index in [1.165, 1.54) is 5.56 Å². The lowest BCUT2D eigenvalue weighted by molar-refractivity contribution is 0.413. The Labute approximate surface area is 160 Å². The monoisotopic (exact) mass is 368 g/mol. The van der Waals surface area contributed by atoms with Crippen molar-refractivity contribution in [3.8, 4) is 5.75 Å². The summed E-state index contributed by atoms with van der Waals surface area (Å²) in [7, 11) is 1.69. The number of hydrogen-bond acceptors (Lipinski definition) is 5. The summed E-state index contributed by atoms with van der Waals surface area (Å²) in [6, 6.07) is 9.87. The Bertz CT molecular complexity index is 842. The molecule has 6 heteroatoms. The molecule has 0 amide bonds. The van der Waals surface area contributed by atoms with E-state index in [0.29, 0.717) is 0 Å². The summed E-state index contributed by atoms with van der Waals surface area (Å²) in [4.78, 5) is 22.4. The van der Waals surface area contributed by atoms with E-state index in [2.05, 4.69) is 34.3 Å². The minimum absolute atomic E-state index is 0.0649. The molecule has 2 aliphatic heterocycles. The highest BCUT2D eigenvalue weighted by Gasteiger charge is 2.32. The van der Waals surface area contributed by atoms with Crippen LogP contribution in [0, 0.1) is 5.92 Å². The Balaban J connectivity index is 1.62. The maximum Gasteiger partial charge on any atom is 0.252 e. The summed E-state index contributed by atoms with van der Waals surface area (Å²) in [6.07, 6.45) is 2.29. The predicted octanol–water partition coefficient (Wildman–Crippen LogP) is 2.49. The molecule has 2 aromatic rings. The van der Waals surface area contributed by atoms with Crippen molar-refractivity contribution >= 4 is 5.95 Å². The summed E-state index contributed by atoms with van der Waals surface area (Å²) in [5.41, 5.74) is 2.04. The number of rotatable bonds is 4. The number of hydrogen-bond donors (Lipinski definition) is 2. The fourth-order valence-corrected chi connectivity index (χ4v) is 4.24. The number of nitrogens with zero attached hydrogens (tertiary/aromatic N) is 2. The van der Waals surface area contributed by atoms with Crippen LogP contribution in [-0.4, -0.2) is 43.3 Å². The van der Waals surface area contributed by atoms with E-state index in [1.54, 1.807) is 13.2 Å². The second kappa shape index (κ2) is 7.72. The van der Waals surface area contributed by atoms with E-state index in [0.717, 1.165) is 62.3 Å². The molecule has 0 unspecified atom stereocenters. The Morgan fingerprint density at radius 2 is 1.93 bits per heavy atom. The molecule has 0 aliphatic carbocycles. The molecule has 2 N–H and O–H groups in total. The zero-order chi connectivity index (χ0) is 18.8. The quantitative estimate of drug-likeness (QED) is 0.868. The van der Waals surface area contributed by atoms with Gasteiger partial charge in [-0.2, -0.15) is 0 Å². The number of benzene rings is 1. The number of nitrogens with one attached hydrogen (secondary N) is 2. The fourth-order valence-electron chi connectivity index (χ4n) is 4.24. The van der Waals surface area contributed by atoms with E-state index in [1.807, 2.05) is 12.1 Å². The van der Waals surface area contributed by atoms with Crippen LogP contribution in [0.2, 0.25) is 0 Å². The predicted molar refractivity (Wildman–Crippen MR) is 107 cm³/mol. The Morgan fingerprint density at radius 3 is 2.70 bits per heavy atom. The summed E-state index contributed by atoms with van der Waals surface area (Å²) in [5, 5.41) is 3.47. The topological polar surface area (TPSA) is 70.2 Å². The third-order valence-electron chi connectivity index (χ3n) is 5.95. The van der Waals surface area contributed by atoms with Crippen molar-refractivity contribution in [1.29, 1.82) is 0 Å². The Hall–Kier alpha value is -2.34. The average molecular weight is 368 g/mol. The fraction of sp³-hybridized carbons (Fsp3) is 0.524. The molecule has 3 heterocycles. The molecule has 2 fully saturated rings. The molecule has 1 aromatic carbocycles. The maximum absolute atomic E-state index is 12.4. The normalized spacial score (nSPS) is 23.6. The SMILES string of the molecule is COc1cccc([C@@H]2CNC[C@H]2c2cc(=O)[nH]c(N3CCC(C)CC3)n2)c1. The van der Waals surface area contributed by atoms with Gasteiger partial charge in [0.1, 0.15) is 5.75 Å². The number of piperidine rings is 1. The molecule has 144 valence electrons. The van der Waals surface area contributed by atoms with Gasteiger partial charge in [-0.3, -0.25) is 9.78 Å². The zero-order valence-corrected chi connectivity index (χ0v) is 16.1. The van der Waals surface area contributed by atoms with Crippen molar-refractivity contribution in [1.82, 2.24) is 15.3 Å². The second-order valence-electron chi connectivity index (χ2n) is 7.81. The van der Waals surface area contributed by atoms with Crippen LogP contribution in [0.4, 0.5) is 5.95 Å². The van der Waals surface area contributed by atoms with Gasteiger partial charge in [0.2, 0.25) is 5.95 Å². The van der Waals surface area contributed by atoms with E-state index in [4.69, 9.17) is 9.72 Å². The van der Waals surface area contributed by atoms with E-state index in [9.17, 15) is 4.79 Å². The molecule has 2 saturated heterocycles. The molecular weight excluding hydrogens is 340 g/mol. The lowest BCUT2D eigenvalue weighted by Gasteiger charge is -2.31. The van der Waals surface area contributed by atoms with Crippen LogP contribution in [0.3, 0.4) is 0 Å². The molecular formula is C21H28N4O2. The van der Waals surface area contributed by atoms with Gasteiger partial charge in [0.15, 0.2) is 0 Å². The number of methoxy groups -OCH3 is 1. The molecule has 2 atom stereocenters. The van der Waals surface area contributed by atoms with Gasteiger partial charge in [0.05, 0.1) is 12.8 Å². The van der Waals surface area contributed by atoms with Crippen LogP contribution in [0.25, 0.3) is 0 Å². The van der Waals surface area contributed by atoms with Crippen molar-refractivity contribution in [3.63, 3.8) is 0 Å². The van der Waals surface area contributed by atoms with E-state index >= 15 is 0 Å². The van der Waals surface area contributed by atoms with Crippen LogP contribution in [0.5, 0.6) is 5.75 Å². The first-order valence-corrected chi connectivity index (χ1v) is 9.85. The minimum Gasteiger partial charge on any atom is -0.497 e. The number of aromatic nitrogens is 2. The largest absolute Gasteiger partial charge is 0.497 e. The van der Waals surface area contributed by atoms with Crippen molar-refractivity contribution in [2.24, 2.45) is 5.92 Å². The Kier molecular flexibility index (Phi) is 5.16. The van der Waals surface area contributed by atoms with Crippen molar-refractivity contribution in [2.75, 3.05) is 38.2 Å². The molecule has 6 nitrogen and oxygen atoms in total. The smallest absolute Gasteiger partial charge is 0.252 e. The van der Waals surface area contributed by atoms with Crippen LogP contribution < -0.4 is 20.5 Å². The third kappa shape index (κ3) is 3.86. The van der Waals surface area contributed by atoms with Gasteiger partial charge in [-0.25, -0.2) is 4.98 Å². The highest BCUT2D eigenvalue weighted by atomic mass is 16.5. The lowest BCUT2D eigenvalue weighted by atomic mass is 9.86. The van der Waals surface area contributed by atoms with Gasteiger partial charge >= 0.3 is 0 Å². The van der Waals surface area contributed by atoms with Crippen LogP contribution >= 0.6 is 0 Å². The number of ether oxygens (including phenoxy) is 1. The van der Waals surface area contributed by atoms with Crippen molar-refractivity contribution in [3.05, 3.63) is 51.9 Å². The van der Waals surface area contributed by atoms with Crippen LogP contribution in [0.15, 0.2) is 35.1 Å². The number of anilines is 1. The number of H-pyrrole nitrogens is 1. The molecule has 27 heavy (non-hydrogen) atoms. The maximum atomic E-state index is 12.4. The first kappa shape index (κ1) is 18.0. The molecule has 4 rings (SSSR count). The standard InChI is InChI=1S/C21H28N4O2/c1-14-6-8-25(9-7-14)21-23-19(11-20(26)24-21)18-13-22-12-17(18)15-4-3-5-16(10-15)27-2/h3-5,10-11,14,17-18,22H,6-9,12-13H2,1-2H3,(H,23,24,26)/t17-,18+/m0/s1. The van der Waals surface area contributed by atoms with Gasteiger partial charge < -0.3 is 15.0 Å². The first-order valence-electron chi connectivity index (χ1n) is 9.85. The third-order valence-corrected chi connectivity index (χ3v) is 5.95. The summed E-state index contributed by atoms with van der Waals surface area (Å²) >= 11 is 0. The van der Waals surface area contributed by atoms with E-state index in [-0.39, 0.29) is 17.4 Å². The van der Waals surface area contributed by atoms with Gasteiger partial charge in [-0.1, -0.05) is 19.1 Å². The lowest BCUT2D eigenvalue weighted by Crippen LogP contribution is -2.35. The van der Waals surface area contributed by atoms with Crippen LogP contribution in [-0.2, 0) is 0 Å². The summed E-state index contributed by atoms with van der Waals surface area (Å²) < 4.78 is 5.38. The molecule has 2 aliphatic rings. The first-order chi connectivity index (χ1) is 13.1. The zero-order valence-electron chi connectivity index (χ0n) is 16.1. The number of aromatic amines is 1. The Morgan fingerprint density at radius 1 is 1.15 bits per heavy atom. The minimum atomic E-state index is -0.0649.